The van der Waals surface area contributed by atoms with E-state index in [1.54, 1.807) is 11.3 Å². The van der Waals surface area contributed by atoms with Gasteiger partial charge in [0.05, 0.1) is 4.88 Å². The lowest BCUT2D eigenvalue weighted by Gasteiger charge is -2.22. The van der Waals surface area contributed by atoms with Crippen molar-refractivity contribution in [3.8, 4) is 10.4 Å². The summed E-state index contributed by atoms with van der Waals surface area (Å²) in [5, 5.41) is 6.44. The van der Waals surface area contributed by atoms with Crippen LogP contribution in [-0.2, 0) is 0 Å². The van der Waals surface area contributed by atoms with Gasteiger partial charge in [0, 0.05) is 15.9 Å². The van der Waals surface area contributed by atoms with Crippen LogP contribution in [0.2, 0.25) is 0 Å². The fourth-order valence-corrected chi connectivity index (χ4v) is 3.84. The van der Waals surface area contributed by atoms with Crippen molar-refractivity contribution in [3.63, 3.8) is 0 Å². The zero-order valence-corrected chi connectivity index (χ0v) is 14.7. The molecule has 116 valence electrons. The maximum Gasteiger partial charge on any atom is 0.261 e. The highest BCUT2D eigenvalue weighted by atomic mass is 79.9. The van der Waals surface area contributed by atoms with Crippen LogP contribution in [0.1, 0.15) is 22.5 Å². The van der Waals surface area contributed by atoms with Crippen LogP contribution in [0.4, 0.5) is 0 Å². The average Bonchev–Trinajstić information content (AvgIpc) is 3.04. The first kappa shape index (κ1) is 15.7. The van der Waals surface area contributed by atoms with Gasteiger partial charge in [0.25, 0.3) is 5.91 Å². The van der Waals surface area contributed by atoms with E-state index < -0.39 is 0 Å². The van der Waals surface area contributed by atoms with E-state index >= 15 is 0 Å². The summed E-state index contributed by atoms with van der Waals surface area (Å²) in [6, 6.07) is 12.1. The van der Waals surface area contributed by atoms with Gasteiger partial charge in [0.15, 0.2) is 0 Å². The average molecular weight is 379 g/mol. The molecule has 3 rings (SSSR count). The molecule has 1 amide bonds. The molecule has 0 spiro atoms. The number of hydrogen-bond donors (Lipinski definition) is 2. The molecule has 3 nitrogen and oxygen atoms in total. The molecule has 2 heterocycles. The standard InChI is InChI=1S/C17H19BrN2OS/c18-14-5-3-13(4-6-14)15-7-8-16(22-15)17(21)20-11-12-2-1-9-19-10-12/h3-8,12,19H,1-2,9-11H2,(H,20,21). The summed E-state index contributed by atoms with van der Waals surface area (Å²) in [6.07, 6.45) is 2.40. The minimum Gasteiger partial charge on any atom is -0.351 e. The lowest BCUT2D eigenvalue weighted by molar-refractivity contribution is 0.0949. The van der Waals surface area contributed by atoms with Crippen LogP contribution in [0.3, 0.4) is 0 Å². The van der Waals surface area contributed by atoms with Gasteiger partial charge in [-0.25, -0.2) is 0 Å². The number of piperidine rings is 1. The monoisotopic (exact) mass is 378 g/mol. The molecule has 0 saturated carbocycles. The summed E-state index contributed by atoms with van der Waals surface area (Å²) < 4.78 is 1.06. The van der Waals surface area contributed by atoms with E-state index in [2.05, 4.69) is 38.7 Å². The van der Waals surface area contributed by atoms with Gasteiger partial charge in [-0.15, -0.1) is 11.3 Å². The minimum atomic E-state index is 0.0407. The van der Waals surface area contributed by atoms with Crippen LogP contribution >= 0.6 is 27.3 Å². The highest BCUT2D eigenvalue weighted by molar-refractivity contribution is 9.10. The first-order valence-corrected chi connectivity index (χ1v) is 9.18. The molecule has 1 aliphatic heterocycles. The molecule has 5 heteroatoms. The molecule has 1 unspecified atom stereocenters. The Morgan fingerprint density at radius 2 is 2.09 bits per heavy atom. The lowest BCUT2D eigenvalue weighted by atomic mass is 10.00. The second-order valence-electron chi connectivity index (χ2n) is 5.59. The summed E-state index contributed by atoms with van der Waals surface area (Å²) in [7, 11) is 0. The molecule has 0 aliphatic carbocycles. The second kappa shape index (κ2) is 7.40. The summed E-state index contributed by atoms with van der Waals surface area (Å²) >= 11 is 4.98. The maximum absolute atomic E-state index is 12.3. The van der Waals surface area contributed by atoms with Gasteiger partial charge in [0.1, 0.15) is 0 Å². The minimum absolute atomic E-state index is 0.0407. The number of carbonyl (C=O) groups is 1. The Morgan fingerprint density at radius 1 is 1.27 bits per heavy atom. The summed E-state index contributed by atoms with van der Waals surface area (Å²) in [5.41, 5.74) is 1.14. The predicted molar refractivity (Wildman–Crippen MR) is 95.4 cm³/mol. The van der Waals surface area contributed by atoms with Gasteiger partial charge >= 0.3 is 0 Å². The number of thiophene rings is 1. The third-order valence-corrected chi connectivity index (χ3v) is 5.57. The Balaban J connectivity index is 1.60. The van der Waals surface area contributed by atoms with E-state index in [0.717, 1.165) is 39.4 Å². The largest absolute Gasteiger partial charge is 0.351 e. The third kappa shape index (κ3) is 3.97. The van der Waals surface area contributed by atoms with E-state index in [0.29, 0.717) is 5.92 Å². The lowest BCUT2D eigenvalue weighted by Crippen LogP contribution is -2.37. The number of nitrogens with one attached hydrogen (secondary N) is 2. The number of rotatable bonds is 4. The summed E-state index contributed by atoms with van der Waals surface area (Å²) in [5.74, 6) is 0.600. The molecule has 2 aromatic rings. The van der Waals surface area contributed by atoms with E-state index in [1.165, 1.54) is 12.8 Å². The zero-order chi connectivity index (χ0) is 15.4. The number of amides is 1. The van der Waals surface area contributed by atoms with Crippen LogP contribution in [0, 0.1) is 5.92 Å². The van der Waals surface area contributed by atoms with Gasteiger partial charge in [-0.05, 0) is 61.7 Å². The number of halogens is 1. The number of carbonyl (C=O) groups excluding carboxylic acids is 1. The van der Waals surface area contributed by atoms with Crippen molar-refractivity contribution in [2.45, 2.75) is 12.8 Å². The van der Waals surface area contributed by atoms with Gasteiger partial charge in [0.2, 0.25) is 0 Å². The van der Waals surface area contributed by atoms with Gasteiger partial charge in [-0.1, -0.05) is 28.1 Å². The van der Waals surface area contributed by atoms with E-state index in [4.69, 9.17) is 0 Å². The second-order valence-corrected chi connectivity index (χ2v) is 7.59. The molecule has 1 aromatic heterocycles. The van der Waals surface area contributed by atoms with E-state index in [-0.39, 0.29) is 5.91 Å². The Labute approximate surface area is 143 Å². The summed E-state index contributed by atoms with van der Waals surface area (Å²) in [4.78, 5) is 14.2. The first-order valence-electron chi connectivity index (χ1n) is 7.57. The quantitative estimate of drug-likeness (QED) is 0.846. The molecule has 2 N–H and O–H groups in total. The van der Waals surface area contributed by atoms with Crippen molar-refractivity contribution < 1.29 is 4.79 Å². The van der Waals surface area contributed by atoms with Crippen LogP contribution < -0.4 is 10.6 Å². The molecule has 1 aromatic carbocycles. The summed E-state index contributed by atoms with van der Waals surface area (Å²) in [6.45, 7) is 2.87. The molecule has 0 radical (unpaired) electrons. The fraction of sp³-hybridized carbons (Fsp3) is 0.353. The number of hydrogen-bond acceptors (Lipinski definition) is 3. The van der Waals surface area contributed by atoms with Gasteiger partial charge in [-0.2, -0.15) is 0 Å². The van der Waals surface area contributed by atoms with Crippen molar-refractivity contribution in [1.29, 1.82) is 0 Å². The number of benzene rings is 1. The van der Waals surface area contributed by atoms with Crippen LogP contribution in [0.5, 0.6) is 0 Å². The molecule has 1 aliphatic rings. The molecular formula is C17H19BrN2OS. The first-order chi connectivity index (χ1) is 10.7. The Bertz CT molecular complexity index is 632. The molecule has 1 atom stereocenters. The smallest absolute Gasteiger partial charge is 0.261 e. The topological polar surface area (TPSA) is 41.1 Å². The van der Waals surface area contributed by atoms with Crippen molar-refractivity contribution >= 4 is 33.2 Å². The fourth-order valence-electron chi connectivity index (χ4n) is 2.65. The molecule has 1 fully saturated rings. The normalized spacial score (nSPS) is 18.1. The van der Waals surface area contributed by atoms with Gasteiger partial charge in [-0.3, -0.25) is 4.79 Å². The van der Waals surface area contributed by atoms with Crippen LogP contribution in [0.25, 0.3) is 10.4 Å². The predicted octanol–water partition coefficient (Wildman–Crippen LogP) is 3.91. The molecule has 0 bridgehead atoms. The maximum atomic E-state index is 12.3. The zero-order valence-electron chi connectivity index (χ0n) is 12.3. The Kier molecular flexibility index (Phi) is 5.28. The Morgan fingerprint density at radius 3 is 2.82 bits per heavy atom. The van der Waals surface area contributed by atoms with Crippen molar-refractivity contribution in [1.82, 2.24) is 10.6 Å². The third-order valence-electron chi connectivity index (χ3n) is 3.91. The molecular weight excluding hydrogens is 360 g/mol. The SMILES string of the molecule is O=C(NCC1CCCNC1)c1ccc(-c2ccc(Br)cc2)s1. The van der Waals surface area contributed by atoms with Crippen molar-refractivity contribution in [3.05, 3.63) is 45.7 Å². The molecule has 22 heavy (non-hydrogen) atoms. The van der Waals surface area contributed by atoms with Crippen LogP contribution in [0.15, 0.2) is 40.9 Å². The van der Waals surface area contributed by atoms with Crippen molar-refractivity contribution in [2.24, 2.45) is 5.92 Å². The van der Waals surface area contributed by atoms with Crippen molar-refractivity contribution in [2.75, 3.05) is 19.6 Å². The molecule has 1 saturated heterocycles. The van der Waals surface area contributed by atoms with E-state index in [9.17, 15) is 4.79 Å². The van der Waals surface area contributed by atoms with E-state index in [1.807, 2.05) is 24.3 Å². The highest BCUT2D eigenvalue weighted by Gasteiger charge is 2.15. The van der Waals surface area contributed by atoms with Crippen LogP contribution in [-0.4, -0.2) is 25.5 Å². The van der Waals surface area contributed by atoms with Gasteiger partial charge < -0.3 is 10.6 Å². The highest BCUT2D eigenvalue weighted by Crippen LogP contribution is 2.29. The Hall–Kier alpha value is -1.17.